The zero-order valence-corrected chi connectivity index (χ0v) is 11.3. The molecule has 0 fully saturated rings. The smallest absolute Gasteiger partial charge is 0.0589 e. The summed E-state index contributed by atoms with van der Waals surface area (Å²) in [5, 5.41) is 0. The largest absolute Gasteiger partial charge is 0.383 e. The Morgan fingerprint density at radius 3 is 2.78 bits per heavy atom. The quantitative estimate of drug-likeness (QED) is 0.772. The van der Waals surface area contributed by atoms with Crippen molar-refractivity contribution in [3.05, 3.63) is 35.4 Å². The lowest BCUT2D eigenvalue weighted by Gasteiger charge is -2.20. The first kappa shape index (κ1) is 14.7. The molecular formula is C15H22N2O. The van der Waals surface area contributed by atoms with Gasteiger partial charge in [-0.3, -0.25) is 4.90 Å². The van der Waals surface area contributed by atoms with E-state index in [1.807, 2.05) is 18.2 Å². The summed E-state index contributed by atoms with van der Waals surface area (Å²) in [6.07, 6.45) is 0. The molecule has 2 N–H and O–H groups in total. The van der Waals surface area contributed by atoms with Crippen molar-refractivity contribution in [1.29, 1.82) is 0 Å². The maximum atomic E-state index is 5.42. The van der Waals surface area contributed by atoms with Crippen LogP contribution in [0.25, 0.3) is 0 Å². The molecule has 98 valence electrons. The van der Waals surface area contributed by atoms with Crippen LogP contribution in [0, 0.1) is 11.8 Å². The highest BCUT2D eigenvalue weighted by Gasteiger charge is 2.06. The fourth-order valence-corrected chi connectivity index (χ4v) is 1.74. The average Bonchev–Trinajstić information content (AvgIpc) is 2.42. The van der Waals surface area contributed by atoms with Crippen molar-refractivity contribution in [3.63, 3.8) is 0 Å². The Morgan fingerprint density at radius 2 is 2.11 bits per heavy atom. The molecular weight excluding hydrogens is 224 g/mol. The molecule has 18 heavy (non-hydrogen) atoms. The predicted octanol–water partition coefficient (Wildman–Crippen LogP) is 1.47. The summed E-state index contributed by atoms with van der Waals surface area (Å²) in [7, 11) is 1.73. The molecule has 1 aromatic rings. The molecule has 0 spiro atoms. The molecule has 0 saturated carbocycles. The van der Waals surface area contributed by atoms with Crippen LogP contribution in [0.5, 0.6) is 0 Å². The first-order valence-corrected chi connectivity index (χ1v) is 6.30. The maximum Gasteiger partial charge on any atom is 0.0589 e. The molecule has 0 unspecified atom stereocenters. The van der Waals surface area contributed by atoms with Gasteiger partial charge in [0.2, 0.25) is 0 Å². The van der Waals surface area contributed by atoms with Crippen LogP contribution >= 0.6 is 0 Å². The Kier molecular flexibility index (Phi) is 7.12. The number of methoxy groups -OCH3 is 1. The van der Waals surface area contributed by atoms with Gasteiger partial charge in [0.15, 0.2) is 0 Å². The minimum atomic E-state index is 0.398. The molecule has 0 aliphatic carbocycles. The van der Waals surface area contributed by atoms with Crippen LogP contribution in [0.15, 0.2) is 24.3 Å². The van der Waals surface area contributed by atoms with E-state index in [1.165, 1.54) is 5.56 Å². The zero-order chi connectivity index (χ0) is 13.2. The van der Waals surface area contributed by atoms with E-state index in [1.54, 1.807) is 7.11 Å². The van der Waals surface area contributed by atoms with E-state index in [9.17, 15) is 0 Å². The Morgan fingerprint density at radius 1 is 1.33 bits per heavy atom. The number of nitrogens with two attached hydrogens (primary N) is 1. The summed E-state index contributed by atoms with van der Waals surface area (Å²) < 4.78 is 5.12. The third-order valence-electron chi connectivity index (χ3n) is 2.80. The Labute approximate surface area is 110 Å². The fourth-order valence-electron chi connectivity index (χ4n) is 1.74. The van der Waals surface area contributed by atoms with Crippen molar-refractivity contribution in [3.8, 4) is 11.8 Å². The van der Waals surface area contributed by atoms with E-state index in [4.69, 9.17) is 10.5 Å². The van der Waals surface area contributed by atoms with Crippen LogP contribution in [0.1, 0.15) is 18.1 Å². The van der Waals surface area contributed by atoms with E-state index in [2.05, 4.69) is 29.7 Å². The van der Waals surface area contributed by atoms with Gasteiger partial charge in [-0.25, -0.2) is 0 Å². The lowest BCUT2D eigenvalue weighted by atomic mass is 10.1. The van der Waals surface area contributed by atoms with Gasteiger partial charge in [0.1, 0.15) is 0 Å². The third kappa shape index (κ3) is 4.89. The van der Waals surface area contributed by atoms with Crippen LogP contribution in [0.4, 0.5) is 0 Å². The summed E-state index contributed by atoms with van der Waals surface area (Å²) in [5.74, 6) is 6.04. The Hall–Kier alpha value is -1.34. The highest BCUT2D eigenvalue weighted by molar-refractivity contribution is 5.41. The molecule has 3 heteroatoms. The molecule has 0 bridgehead atoms. The lowest BCUT2D eigenvalue weighted by Crippen LogP contribution is -2.27. The van der Waals surface area contributed by atoms with Crippen molar-refractivity contribution in [2.24, 2.45) is 5.73 Å². The van der Waals surface area contributed by atoms with Gasteiger partial charge in [0.05, 0.1) is 13.2 Å². The highest BCUT2D eigenvalue weighted by Crippen LogP contribution is 2.10. The van der Waals surface area contributed by atoms with Crippen LogP contribution < -0.4 is 5.73 Å². The monoisotopic (exact) mass is 246 g/mol. The number of rotatable bonds is 6. The molecule has 0 aromatic heterocycles. The van der Waals surface area contributed by atoms with Gasteiger partial charge in [-0.1, -0.05) is 37.0 Å². The summed E-state index contributed by atoms with van der Waals surface area (Å²) in [6.45, 7) is 6.15. The number of hydrogen-bond acceptors (Lipinski definition) is 3. The first-order valence-electron chi connectivity index (χ1n) is 6.30. The molecule has 1 rings (SSSR count). The minimum absolute atomic E-state index is 0.398. The van der Waals surface area contributed by atoms with Crippen molar-refractivity contribution in [1.82, 2.24) is 4.90 Å². The standard InChI is InChI=1S/C15H22N2O/c1-3-17(11-12-18-2)13-15-8-5-4-7-14(15)9-6-10-16/h4-5,7-8H,3,10-13,16H2,1-2H3. The van der Waals surface area contributed by atoms with Gasteiger partial charge in [0.25, 0.3) is 0 Å². The summed E-state index contributed by atoms with van der Waals surface area (Å²) in [5.41, 5.74) is 7.73. The van der Waals surface area contributed by atoms with Crippen LogP contribution in [-0.2, 0) is 11.3 Å². The van der Waals surface area contributed by atoms with Crippen LogP contribution in [0.3, 0.4) is 0 Å². The normalized spacial score (nSPS) is 10.2. The van der Waals surface area contributed by atoms with Gasteiger partial charge in [-0.05, 0) is 18.2 Å². The van der Waals surface area contributed by atoms with Crippen LogP contribution in [0.2, 0.25) is 0 Å². The van der Waals surface area contributed by atoms with Crippen molar-refractivity contribution in [2.45, 2.75) is 13.5 Å². The van der Waals surface area contributed by atoms with E-state index in [0.29, 0.717) is 6.54 Å². The Bertz CT molecular complexity index is 406. The fraction of sp³-hybridized carbons (Fsp3) is 0.467. The molecule has 3 nitrogen and oxygen atoms in total. The molecule has 0 radical (unpaired) electrons. The molecule has 1 aromatic carbocycles. The molecule has 0 amide bonds. The number of ether oxygens (including phenoxy) is 1. The van der Waals surface area contributed by atoms with Crippen molar-refractivity contribution < 1.29 is 4.74 Å². The molecule has 0 aliphatic rings. The lowest BCUT2D eigenvalue weighted by molar-refractivity contribution is 0.147. The third-order valence-corrected chi connectivity index (χ3v) is 2.80. The maximum absolute atomic E-state index is 5.42. The number of likely N-dealkylation sites (N-methyl/N-ethyl adjacent to an activating group) is 1. The van der Waals surface area contributed by atoms with Crippen LogP contribution in [-0.4, -0.2) is 38.3 Å². The van der Waals surface area contributed by atoms with E-state index >= 15 is 0 Å². The van der Waals surface area contributed by atoms with Gasteiger partial charge in [-0.15, -0.1) is 0 Å². The van der Waals surface area contributed by atoms with Gasteiger partial charge >= 0.3 is 0 Å². The topological polar surface area (TPSA) is 38.5 Å². The molecule has 0 saturated heterocycles. The summed E-state index contributed by atoms with van der Waals surface area (Å²) in [4.78, 5) is 2.34. The molecule has 0 aliphatic heterocycles. The molecule has 0 heterocycles. The Balaban J connectivity index is 2.75. The number of hydrogen-bond donors (Lipinski definition) is 1. The van der Waals surface area contributed by atoms with E-state index in [0.717, 1.165) is 31.8 Å². The van der Waals surface area contributed by atoms with Gasteiger partial charge < -0.3 is 10.5 Å². The van der Waals surface area contributed by atoms with Crippen molar-refractivity contribution >= 4 is 0 Å². The number of nitrogens with zero attached hydrogens (tertiary/aromatic N) is 1. The van der Waals surface area contributed by atoms with E-state index in [-0.39, 0.29) is 0 Å². The van der Waals surface area contributed by atoms with E-state index < -0.39 is 0 Å². The summed E-state index contributed by atoms with van der Waals surface area (Å²) >= 11 is 0. The highest BCUT2D eigenvalue weighted by atomic mass is 16.5. The van der Waals surface area contributed by atoms with Gasteiger partial charge in [0, 0.05) is 25.8 Å². The number of benzene rings is 1. The zero-order valence-electron chi connectivity index (χ0n) is 11.3. The second-order valence-electron chi connectivity index (χ2n) is 4.02. The minimum Gasteiger partial charge on any atom is -0.383 e. The predicted molar refractivity (Wildman–Crippen MR) is 75.2 cm³/mol. The average molecular weight is 246 g/mol. The molecule has 0 atom stereocenters. The second-order valence-corrected chi connectivity index (χ2v) is 4.02. The van der Waals surface area contributed by atoms with Crippen molar-refractivity contribution in [2.75, 3.05) is 33.4 Å². The SMILES string of the molecule is CCN(CCOC)Cc1ccccc1C#CCN. The second kappa shape index (κ2) is 8.71. The van der Waals surface area contributed by atoms with Gasteiger partial charge in [-0.2, -0.15) is 0 Å². The summed E-state index contributed by atoms with van der Waals surface area (Å²) in [6, 6.07) is 8.22. The first-order chi connectivity index (χ1) is 8.81.